The van der Waals surface area contributed by atoms with E-state index in [1.54, 1.807) is 0 Å². The number of nitrogens with two attached hydrogens (primary N) is 1. The Morgan fingerprint density at radius 2 is 2.16 bits per heavy atom. The maximum absolute atomic E-state index is 6.14. The quantitative estimate of drug-likeness (QED) is 0.917. The molecule has 0 spiro atoms. The van der Waals surface area contributed by atoms with Crippen molar-refractivity contribution in [1.82, 2.24) is 15.0 Å². The van der Waals surface area contributed by atoms with E-state index in [9.17, 15) is 0 Å². The standard InChI is InChI=1S/C13H22N4O.ClH/c1-8(2)13-15-12(18-16-13)7-17-5-9-3-4-11(14)10(9)6-17;/h8-11H,3-7,14H2,1-2H3;1H. The van der Waals surface area contributed by atoms with E-state index in [0.717, 1.165) is 37.3 Å². The summed E-state index contributed by atoms with van der Waals surface area (Å²) in [5, 5.41) is 4.01. The lowest BCUT2D eigenvalue weighted by Crippen LogP contribution is -2.30. The Labute approximate surface area is 120 Å². The van der Waals surface area contributed by atoms with Gasteiger partial charge in [-0.3, -0.25) is 4.90 Å². The van der Waals surface area contributed by atoms with Gasteiger partial charge in [0.2, 0.25) is 5.89 Å². The van der Waals surface area contributed by atoms with Gasteiger partial charge in [-0.2, -0.15) is 4.98 Å². The molecule has 3 rings (SSSR count). The molecule has 1 aromatic rings. The van der Waals surface area contributed by atoms with Crippen molar-refractivity contribution in [3.05, 3.63) is 11.7 Å². The summed E-state index contributed by atoms with van der Waals surface area (Å²) in [7, 11) is 0. The predicted molar refractivity (Wildman–Crippen MR) is 75.1 cm³/mol. The summed E-state index contributed by atoms with van der Waals surface area (Å²) in [5.74, 6) is 3.34. The molecule has 6 heteroatoms. The lowest BCUT2D eigenvalue weighted by Gasteiger charge is -2.15. The van der Waals surface area contributed by atoms with Gasteiger partial charge in [-0.1, -0.05) is 19.0 Å². The van der Waals surface area contributed by atoms with Gasteiger partial charge >= 0.3 is 0 Å². The van der Waals surface area contributed by atoms with Crippen LogP contribution in [0.2, 0.25) is 0 Å². The van der Waals surface area contributed by atoms with Crippen molar-refractivity contribution < 1.29 is 4.52 Å². The lowest BCUT2D eigenvalue weighted by atomic mass is 9.98. The fraction of sp³-hybridized carbons (Fsp3) is 0.846. The van der Waals surface area contributed by atoms with Gasteiger partial charge in [-0.15, -0.1) is 12.4 Å². The molecule has 0 amide bonds. The van der Waals surface area contributed by atoms with Crippen molar-refractivity contribution in [2.75, 3.05) is 13.1 Å². The highest BCUT2D eigenvalue weighted by atomic mass is 35.5. The molecule has 19 heavy (non-hydrogen) atoms. The Kier molecular flexibility index (Phi) is 4.48. The van der Waals surface area contributed by atoms with E-state index in [4.69, 9.17) is 10.3 Å². The Balaban J connectivity index is 0.00000133. The first-order valence-corrected chi connectivity index (χ1v) is 6.94. The van der Waals surface area contributed by atoms with Gasteiger partial charge < -0.3 is 10.3 Å². The molecule has 1 aromatic heterocycles. The van der Waals surface area contributed by atoms with Gasteiger partial charge in [0.25, 0.3) is 0 Å². The van der Waals surface area contributed by atoms with E-state index in [1.165, 1.54) is 12.8 Å². The number of rotatable bonds is 3. The van der Waals surface area contributed by atoms with E-state index in [-0.39, 0.29) is 12.4 Å². The lowest BCUT2D eigenvalue weighted by molar-refractivity contribution is 0.249. The van der Waals surface area contributed by atoms with Gasteiger partial charge in [-0.05, 0) is 24.7 Å². The third-order valence-corrected chi connectivity index (χ3v) is 4.35. The van der Waals surface area contributed by atoms with Crippen molar-refractivity contribution in [2.45, 2.75) is 45.2 Å². The number of aromatic nitrogens is 2. The molecule has 108 valence electrons. The molecule has 3 unspecified atom stereocenters. The monoisotopic (exact) mass is 286 g/mol. The van der Waals surface area contributed by atoms with Crippen LogP contribution >= 0.6 is 12.4 Å². The minimum absolute atomic E-state index is 0. The molecular formula is C13H23ClN4O. The summed E-state index contributed by atoms with van der Waals surface area (Å²) in [6.07, 6.45) is 2.48. The SMILES string of the molecule is CC(C)c1noc(CN2CC3CCC(N)C3C2)n1.Cl. The molecular weight excluding hydrogens is 264 g/mol. The third-order valence-electron chi connectivity index (χ3n) is 4.35. The minimum Gasteiger partial charge on any atom is -0.338 e. The van der Waals surface area contributed by atoms with E-state index >= 15 is 0 Å². The van der Waals surface area contributed by atoms with E-state index in [1.807, 2.05) is 0 Å². The van der Waals surface area contributed by atoms with Gasteiger partial charge in [0.15, 0.2) is 5.82 Å². The van der Waals surface area contributed by atoms with Crippen molar-refractivity contribution in [1.29, 1.82) is 0 Å². The Bertz CT molecular complexity index is 423. The highest BCUT2D eigenvalue weighted by molar-refractivity contribution is 5.85. The molecule has 2 aliphatic rings. The van der Waals surface area contributed by atoms with Crippen LogP contribution in [0.1, 0.15) is 44.3 Å². The van der Waals surface area contributed by atoms with Crippen molar-refractivity contribution >= 4 is 12.4 Å². The summed E-state index contributed by atoms with van der Waals surface area (Å²) in [6, 6.07) is 0.397. The minimum atomic E-state index is 0. The number of likely N-dealkylation sites (tertiary alicyclic amines) is 1. The summed E-state index contributed by atoms with van der Waals surface area (Å²) < 4.78 is 5.30. The fourth-order valence-corrected chi connectivity index (χ4v) is 3.29. The first-order valence-electron chi connectivity index (χ1n) is 6.94. The number of nitrogens with zero attached hydrogens (tertiary/aromatic N) is 3. The van der Waals surface area contributed by atoms with Crippen LogP contribution in [-0.2, 0) is 6.54 Å². The van der Waals surface area contributed by atoms with Crippen molar-refractivity contribution in [3.63, 3.8) is 0 Å². The number of fused-ring (bicyclic) bond motifs is 1. The summed E-state index contributed by atoms with van der Waals surface area (Å²) in [5.41, 5.74) is 6.14. The summed E-state index contributed by atoms with van der Waals surface area (Å²) >= 11 is 0. The van der Waals surface area contributed by atoms with Crippen LogP contribution in [0.3, 0.4) is 0 Å². The predicted octanol–water partition coefficient (Wildman–Crippen LogP) is 1.78. The molecule has 2 fully saturated rings. The molecule has 5 nitrogen and oxygen atoms in total. The Hall–Kier alpha value is -0.650. The maximum Gasteiger partial charge on any atom is 0.240 e. The zero-order chi connectivity index (χ0) is 12.7. The molecule has 3 atom stereocenters. The first-order chi connectivity index (χ1) is 8.63. The average molecular weight is 287 g/mol. The first kappa shape index (κ1) is 14.8. The second-order valence-electron chi connectivity index (χ2n) is 6.06. The van der Waals surface area contributed by atoms with E-state index in [0.29, 0.717) is 17.9 Å². The van der Waals surface area contributed by atoms with Crippen LogP contribution in [0.25, 0.3) is 0 Å². The van der Waals surface area contributed by atoms with Gasteiger partial charge in [0, 0.05) is 25.0 Å². The number of halogens is 1. The maximum atomic E-state index is 6.14. The second-order valence-corrected chi connectivity index (χ2v) is 6.06. The molecule has 0 aromatic carbocycles. The zero-order valence-electron chi connectivity index (χ0n) is 11.6. The summed E-state index contributed by atoms with van der Waals surface area (Å²) in [6.45, 7) is 7.16. The van der Waals surface area contributed by atoms with Crippen LogP contribution in [0.4, 0.5) is 0 Å². The van der Waals surface area contributed by atoms with Crippen LogP contribution in [-0.4, -0.2) is 34.2 Å². The topological polar surface area (TPSA) is 68.2 Å². The Morgan fingerprint density at radius 3 is 2.79 bits per heavy atom. The molecule has 1 aliphatic carbocycles. The zero-order valence-corrected chi connectivity index (χ0v) is 12.4. The van der Waals surface area contributed by atoms with Crippen LogP contribution in [0, 0.1) is 11.8 Å². The Morgan fingerprint density at radius 1 is 1.37 bits per heavy atom. The van der Waals surface area contributed by atoms with Crippen LogP contribution in [0.5, 0.6) is 0 Å². The third kappa shape index (κ3) is 2.93. The van der Waals surface area contributed by atoms with Crippen molar-refractivity contribution in [2.24, 2.45) is 17.6 Å². The molecule has 2 N–H and O–H groups in total. The highest BCUT2D eigenvalue weighted by Gasteiger charge is 2.41. The molecule has 0 radical (unpaired) electrons. The molecule has 1 aliphatic heterocycles. The largest absolute Gasteiger partial charge is 0.338 e. The van der Waals surface area contributed by atoms with Crippen LogP contribution in [0.15, 0.2) is 4.52 Å². The average Bonchev–Trinajstić information content (AvgIpc) is 2.98. The van der Waals surface area contributed by atoms with Crippen LogP contribution < -0.4 is 5.73 Å². The second kappa shape index (κ2) is 5.77. The van der Waals surface area contributed by atoms with Gasteiger partial charge in [-0.25, -0.2) is 0 Å². The molecule has 2 heterocycles. The normalized spacial score (nSPS) is 30.6. The van der Waals surface area contributed by atoms with E-state index < -0.39 is 0 Å². The fourth-order valence-electron chi connectivity index (χ4n) is 3.29. The van der Waals surface area contributed by atoms with E-state index in [2.05, 4.69) is 28.9 Å². The summed E-state index contributed by atoms with van der Waals surface area (Å²) in [4.78, 5) is 6.84. The van der Waals surface area contributed by atoms with Gasteiger partial charge in [0.1, 0.15) is 0 Å². The molecule has 0 bridgehead atoms. The smallest absolute Gasteiger partial charge is 0.240 e. The highest BCUT2D eigenvalue weighted by Crippen LogP contribution is 2.37. The number of hydrogen-bond donors (Lipinski definition) is 1. The number of hydrogen-bond acceptors (Lipinski definition) is 5. The van der Waals surface area contributed by atoms with Gasteiger partial charge in [0.05, 0.1) is 6.54 Å². The molecule has 1 saturated carbocycles. The van der Waals surface area contributed by atoms with Crippen molar-refractivity contribution in [3.8, 4) is 0 Å². The molecule has 1 saturated heterocycles.